The molecule has 1 N–H and O–H groups in total. The van der Waals surface area contributed by atoms with Gasteiger partial charge in [0.15, 0.2) is 0 Å². The minimum absolute atomic E-state index is 0.0679. The molecule has 166 valence electrons. The van der Waals surface area contributed by atoms with Crippen LogP contribution in [0.2, 0.25) is 0 Å². The lowest BCUT2D eigenvalue weighted by molar-refractivity contribution is 0.113. The lowest BCUT2D eigenvalue weighted by Crippen LogP contribution is -2.46. The summed E-state index contributed by atoms with van der Waals surface area (Å²) in [5, 5.41) is 11.5. The fourth-order valence-corrected chi connectivity index (χ4v) is 5.55. The molecular formula is C27H24N2O4. The van der Waals surface area contributed by atoms with Crippen molar-refractivity contribution in [2.45, 2.75) is 25.4 Å². The first kappa shape index (κ1) is 20.0. The van der Waals surface area contributed by atoms with E-state index in [0.29, 0.717) is 29.2 Å². The normalized spacial score (nSPS) is 20.0. The average molecular weight is 440 g/mol. The van der Waals surface area contributed by atoms with E-state index in [1.54, 1.807) is 18.2 Å². The molecule has 1 fully saturated rings. The number of benzene rings is 2. The third-order valence-corrected chi connectivity index (χ3v) is 7.00. The molecule has 0 spiro atoms. The Morgan fingerprint density at radius 2 is 1.79 bits per heavy atom. The SMILES string of the molecule is O=c1oc2c(CN3C[C@H]4C[C@H](C3)c3cccc(=O)n3C4)c(O)ccc2cc1-c1ccccc1. The molecule has 0 aliphatic carbocycles. The van der Waals surface area contributed by atoms with E-state index < -0.39 is 5.63 Å². The van der Waals surface area contributed by atoms with Gasteiger partial charge in [0.25, 0.3) is 5.56 Å². The Labute approximate surface area is 190 Å². The third-order valence-electron chi connectivity index (χ3n) is 7.00. The summed E-state index contributed by atoms with van der Waals surface area (Å²) >= 11 is 0. The molecule has 2 aromatic heterocycles. The Hall–Kier alpha value is -3.64. The standard InChI is InChI=1S/C27H24N2O4/c30-24-10-9-19-12-21(18-5-2-1-3-6-18)27(32)33-26(19)22(24)16-28-13-17-11-20(15-28)23-7-4-8-25(31)29(23)14-17/h1-10,12,17,20,30H,11,13-16H2/t17-,20-/m1/s1. The largest absolute Gasteiger partial charge is 0.507 e. The highest BCUT2D eigenvalue weighted by molar-refractivity contribution is 5.85. The van der Waals surface area contributed by atoms with Gasteiger partial charge in [-0.25, -0.2) is 4.79 Å². The van der Waals surface area contributed by atoms with Gasteiger partial charge < -0.3 is 14.1 Å². The summed E-state index contributed by atoms with van der Waals surface area (Å²) in [5.41, 5.74) is 3.13. The van der Waals surface area contributed by atoms with Gasteiger partial charge in [0.1, 0.15) is 11.3 Å². The van der Waals surface area contributed by atoms with Crippen LogP contribution in [-0.4, -0.2) is 27.7 Å². The second-order valence-corrected chi connectivity index (χ2v) is 9.19. The molecule has 1 saturated heterocycles. The predicted octanol–water partition coefficient (Wildman–Crippen LogP) is 3.95. The zero-order chi connectivity index (χ0) is 22.5. The summed E-state index contributed by atoms with van der Waals surface area (Å²) in [4.78, 5) is 27.4. The van der Waals surface area contributed by atoms with Crippen molar-refractivity contribution in [2.75, 3.05) is 13.1 Å². The Bertz CT molecular complexity index is 1470. The summed E-state index contributed by atoms with van der Waals surface area (Å²) in [5.74, 6) is 0.788. The smallest absolute Gasteiger partial charge is 0.344 e. The minimum atomic E-state index is -0.413. The second-order valence-electron chi connectivity index (χ2n) is 9.19. The number of pyridine rings is 1. The van der Waals surface area contributed by atoms with E-state index in [1.165, 1.54) is 0 Å². The number of fused-ring (bicyclic) bond motifs is 5. The number of aromatic nitrogens is 1. The van der Waals surface area contributed by atoms with Crippen LogP contribution in [-0.2, 0) is 13.1 Å². The zero-order valence-corrected chi connectivity index (χ0v) is 18.1. The number of phenolic OH excluding ortho intramolecular Hbond substituents is 1. The molecule has 6 nitrogen and oxygen atoms in total. The molecule has 33 heavy (non-hydrogen) atoms. The molecule has 4 heterocycles. The molecule has 6 heteroatoms. The van der Waals surface area contributed by atoms with E-state index in [-0.39, 0.29) is 17.2 Å². The Morgan fingerprint density at radius 3 is 2.64 bits per heavy atom. The van der Waals surface area contributed by atoms with E-state index in [2.05, 4.69) is 4.90 Å². The van der Waals surface area contributed by atoms with Crippen molar-refractivity contribution >= 4 is 11.0 Å². The van der Waals surface area contributed by atoms with Crippen molar-refractivity contribution in [3.8, 4) is 16.9 Å². The summed E-state index contributed by atoms with van der Waals surface area (Å²) in [6.07, 6.45) is 1.07. The number of phenols is 1. The van der Waals surface area contributed by atoms with Crippen molar-refractivity contribution in [3.63, 3.8) is 0 Å². The highest BCUT2D eigenvalue weighted by atomic mass is 16.4. The molecule has 0 saturated carbocycles. The molecule has 0 amide bonds. The van der Waals surface area contributed by atoms with Crippen LogP contribution in [0, 0.1) is 5.92 Å². The summed E-state index contributed by atoms with van der Waals surface area (Å²) < 4.78 is 7.69. The summed E-state index contributed by atoms with van der Waals surface area (Å²) in [6.45, 7) is 2.83. The number of hydrogen-bond donors (Lipinski definition) is 1. The van der Waals surface area contributed by atoms with Gasteiger partial charge in [-0.2, -0.15) is 0 Å². The van der Waals surface area contributed by atoms with Crippen molar-refractivity contribution in [3.05, 3.63) is 98.8 Å². The second kappa shape index (κ2) is 7.74. The molecule has 2 atom stereocenters. The first-order chi connectivity index (χ1) is 16.1. The van der Waals surface area contributed by atoms with E-state index >= 15 is 0 Å². The maximum atomic E-state index is 12.8. The first-order valence-corrected chi connectivity index (χ1v) is 11.3. The molecule has 2 bridgehead atoms. The first-order valence-electron chi connectivity index (χ1n) is 11.3. The van der Waals surface area contributed by atoms with Crippen LogP contribution >= 0.6 is 0 Å². The minimum Gasteiger partial charge on any atom is -0.507 e. The van der Waals surface area contributed by atoms with Gasteiger partial charge in [-0.3, -0.25) is 9.69 Å². The van der Waals surface area contributed by atoms with E-state index in [0.717, 1.165) is 42.7 Å². The fourth-order valence-electron chi connectivity index (χ4n) is 5.55. The quantitative estimate of drug-likeness (QED) is 0.489. The van der Waals surface area contributed by atoms with Gasteiger partial charge >= 0.3 is 5.63 Å². The Morgan fingerprint density at radius 1 is 0.939 bits per heavy atom. The highest BCUT2D eigenvalue weighted by Crippen LogP contribution is 2.37. The van der Waals surface area contributed by atoms with Crippen molar-refractivity contribution in [1.82, 2.24) is 9.47 Å². The topological polar surface area (TPSA) is 75.7 Å². The van der Waals surface area contributed by atoms with Gasteiger partial charge in [-0.05, 0) is 42.2 Å². The predicted molar refractivity (Wildman–Crippen MR) is 126 cm³/mol. The molecule has 0 radical (unpaired) electrons. The number of hydrogen-bond acceptors (Lipinski definition) is 5. The molecule has 6 rings (SSSR count). The summed E-state index contributed by atoms with van der Waals surface area (Å²) in [6, 6.07) is 20.3. The molecular weight excluding hydrogens is 416 g/mol. The van der Waals surface area contributed by atoms with Gasteiger partial charge in [0.2, 0.25) is 0 Å². The van der Waals surface area contributed by atoms with E-state index in [9.17, 15) is 14.7 Å². The van der Waals surface area contributed by atoms with Gasteiger partial charge in [-0.15, -0.1) is 0 Å². The van der Waals surface area contributed by atoms with Crippen LogP contribution in [0.5, 0.6) is 5.75 Å². The summed E-state index contributed by atoms with van der Waals surface area (Å²) in [7, 11) is 0. The van der Waals surface area contributed by atoms with Gasteiger partial charge in [0.05, 0.1) is 11.1 Å². The molecule has 2 aliphatic rings. The van der Waals surface area contributed by atoms with Crippen LogP contribution in [0.1, 0.15) is 23.6 Å². The maximum absolute atomic E-state index is 12.8. The number of aromatic hydroxyl groups is 1. The van der Waals surface area contributed by atoms with E-state index in [1.807, 2.05) is 53.1 Å². The molecule has 0 unspecified atom stereocenters. The van der Waals surface area contributed by atoms with Crippen molar-refractivity contribution in [1.29, 1.82) is 0 Å². The number of likely N-dealkylation sites (tertiary alicyclic amines) is 1. The van der Waals surface area contributed by atoms with E-state index in [4.69, 9.17) is 4.42 Å². The number of piperidine rings is 1. The average Bonchev–Trinajstić information content (AvgIpc) is 2.82. The highest BCUT2D eigenvalue weighted by Gasteiger charge is 2.35. The van der Waals surface area contributed by atoms with Crippen LogP contribution < -0.4 is 11.2 Å². The Kier molecular flexibility index (Phi) is 4.69. The molecule has 2 aliphatic heterocycles. The van der Waals surface area contributed by atoms with Crippen molar-refractivity contribution < 1.29 is 9.52 Å². The lowest BCUT2D eigenvalue weighted by atomic mass is 9.83. The lowest BCUT2D eigenvalue weighted by Gasteiger charge is -2.42. The Balaban J connectivity index is 1.36. The molecule has 4 aromatic rings. The van der Waals surface area contributed by atoms with Gasteiger partial charge in [0, 0.05) is 49.2 Å². The molecule has 2 aromatic carbocycles. The van der Waals surface area contributed by atoms with Gasteiger partial charge in [-0.1, -0.05) is 36.4 Å². The monoisotopic (exact) mass is 440 g/mol. The number of rotatable bonds is 3. The van der Waals surface area contributed by atoms with Crippen molar-refractivity contribution in [2.24, 2.45) is 5.92 Å². The van der Waals surface area contributed by atoms with Crippen LogP contribution in [0.15, 0.2) is 80.7 Å². The zero-order valence-electron chi connectivity index (χ0n) is 18.1. The van der Waals surface area contributed by atoms with Crippen LogP contribution in [0.4, 0.5) is 0 Å². The third kappa shape index (κ3) is 3.47. The fraction of sp³-hybridized carbons (Fsp3) is 0.259. The van der Waals surface area contributed by atoms with Crippen LogP contribution in [0.25, 0.3) is 22.1 Å². The maximum Gasteiger partial charge on any atom is 0.344 e. The number of nitrogens with zero attached hydrogens (tertiary/aromatic N) is 2. The van der Waals surface area contributed by atoms with Crippen LogP contribution in [0.3, 0.4) is 0 Å².